The molecule has 6 nitrogen and oxygen atoms in total. The average molecular weight is 481 g/mol. The van der Waals surface area contributed by atoms with E-state index in [1.54, 1.807) is 37.3 Å². The van der Waals surface area contributed by atoms with Gasteiger partial charge < -0.3 is 9.64 Å². The number of benzene rings is 2. The van der Waals surface area contributed by atoms with E-state index in [1.807, 2.05) is 37.9 Å². The zero-order chi connectivity index (χ0) is 23.7. The van der Waals surface area contributed by atoms with Crippen molar-refractivity contribution in [3.05, 3.63) is 79.2 Å². The van der Waals surface area contributed by atoms with Gasteiger partial charge in [-0.2, -0.15) is 0 Å². The number of aryl methyl sites for hydroxylation is 1. The average Bonchev–Trinajstić information content (AvgIpc) is 3.30. The minimum Gasteiger partial charge on any atom is -0.462 e. The van der Waals surface area contributed by atoms with Crippen LogP contribution in [-0.2, 0) is 16.1 Å². The highest BCUT2D eigenvalue weighted by Gasteiger charge is 2.28. The predicted molar refractivity (Wildman–Crippen MR) is 133 cm³/mol. The standard InChI is InChI=1S/C25H24N2O4S2/c1-5-27-22(29)21(24-26(4)17-14-15(3)12-13-18(17)32-24)33-23(27)19(25(30)31-6-2)20(28)16-10-8-7-9-11-16/h7-14H,5-6H2,1-4H3/b23-19-,24-21-. The van der Waals surface area contributed by atoms with Crippen LogP contribution in [0.4, 0.5) is 5.69 Å². The largest absolute Gasteiger partial charge is 0.462 e. The molecule has 0 saturated heterocycles. The highest BCUT2D eigenvalue weighted by molar-refractivity contribution is 8.08. The third-order valence-corrected chi connectivity index (χ3v) is 7.89. The maximum atomic E-state index is 13.5. The monoisotopic (exact) mass is 480 g/mol. The maximum Gasteiger partial charge on any atom is 0.345 e. The lowest BCUT2D eigenvalue weighted by Gasteiger charge is -2.12. The molecular formula is C25H24N2O4S2. The molecule has 33 heavy (non-hydrogen) atoms. The number of hydrogen-bond acceptors (Lipinski definition) is 7. The molecule has 4 rings (SSSR count). The van der Waals surface area contributed by atoms with Gasteiger partial charge in [0.1, 0.15) is 19.8 Å². The fourth-order valence-corrected chi connectivity index (χ4v) is 6.21. The molecule has 0 spiro atoms. The molecule has 8 heteroatoms. The van der Waals surface area contributed by atoms with Gasteiger partial charge in [0.15, 0.2) is 0 Å². The molecule has 0 aliphatic carbocycles. The van der Waals surface area contributed by atoms with Crippen LogP contribution in [0.1, 0.15) is 29.8 Å². The summed E-state index contributed by atoms with van der Waals surface area (Å²) in [5.41, 5.74) is 2.19. The van der Waals surface area contributed by atoms with Crippen molar-refractivity contribution >= 4 is 51.1 Å². The van der Waals surface area contributed by atoms with Gasteiger partial charge in [0.05, 0.1) is 12.3 Å². The van der Waals surface area contributed by atoms with Crippen LogP contribution in [0.5, 0.6) is 0 Å². The molecular weight excluding hydrogens is 456 g/mol. The third-order valence-electron chi connectivity index (χ3n) is 5.34. The highest BCUT2D eigenvalue weighted by atomic mass is 32.2. The number of esters is 1. The van der Waals surface area contributed by atoms with Crippen LogP contribution in [0.3, 0.4) is 0 Å². The molecule has 3 aromatic rings. The number of rotatable bonds is 5. The van der Waals surface area contributed by atoms with Crippen molar-refractivity contribution in [1.82, 2.24) is 4.57 Å². The number of carbonyl (C=O) groups excluding carboxylic acids is 2. The van der Waals surface area contributed by atoms with E-state index < -0.39 is 11.8 Å². The summed E-state index contributed by atoms with van der Waals surface area (Å²) in [5, 5.41) is 0.786. The van der Waals surface area contributed by atoms with Gasteiger partial charge in [0.2, 0.25) is 5.78 Å². The number of nitrogens with zero attached hydrogens (tertiary/aromatic N) is 2. The van der Waals surface area contributed by atoms with Crippen molar-refractivity contribution in [3.63, 3.8) is 0 Å². The van der Waals surface area contributed by atoms with E-state index in [9.17, 15) is 14.4 Å². The molecule has 0 bridgehead atoms. The quantitative estimate of drug-likeness (QED) is 0.318. The van der Waals surface area contributed by atoms with Crippen LogP contribution in [-0.4, -0.2) is 30.0 Å². The van der Waals surface area contributed by atoms with E-state index in [4.69, 9.17) is 4.74 Å². The van der Waals surface area contributed by atoms with Gasteiger partial charge in [-0.05, 0) is 38.5 Å². The van der Waals surface area contributed by atoms with Gasteiger partial charge in [0, 0.05) is 24.1 Å². The molecule has 0 unspecified atom stereocenters. The number of Topliss-reactive ketones (excluding diaryl/α,β-unsaturated/α-hetero) is 1. The summed E-state index contributed by atoms with van der Waals surface area (Å²) in [6, 6.07) is 14.7. The van der Waals surface area contributed by atoms with Gasteiger partial charge in [-0.15, -0.1) is 11.3 Å². The lowest BCUT2D eigenvalue weighted by atomic mass is 10.0. The summed E-state index contributed by atoms with van der Waals surface area (Å²) in [6.45, 7) is 5.99. The number of ketones is 1. The van der Waals surface area contributed by atoms with E-state index in [1.165, 1.54) is 16.3 Å². The van der Waals surface area contributed by atoms with Crippen molar-refractivity contribution < 1.29 is 14.3 Å². The van der Waals surface area contributed by atoms with Gasteiger partial charge >= 0.3 is 5.97 Å². The van der Waals surface area contributed by atoms with Crippen LogP contribution < -0.4 is 19.7 Å². The second-order valence-electron chi connectivity index (χ2n) is 7.51. The Morgan fingerprint density at radius 1 is 1.06 bits per heavy atom. The fraction of sp³-hybridized carbons (Fsp3) is 0.240. The summed E-state index contributed by atoms with van der Waals surface area (Å²) in [7, 11) is 1.92. The second-order valence-corrected chi connectivity index (χ2v) is 9.54. The molecule has 0 N–H and O–H groups in total. The van der Waals surface area contributed by atoms with Gasteiger partial charge in [-0.1, -0.05) is 48.2 Å². The van der Waals surface area contributed by atoms with E-state index in [2.05, 4.69) is 6.07 Å². The first-order valence-electron chi connectivity index (χ1n) is 10.6. The Hall–Kier alpha value is -3.10. The Kier molecular flexibility index (Phi) is 6.58. The minimum absolute atomic E-state index is 0.113. The molecule has 0 radical (unpaired) electrons. The zero-order valence-corrected chi connectivity index (χ0v) is 20.5. The highest BCUT2D eigenvalue weighted by Crippen LogP contribution is 2.45. The van der Waals surface area contributed by atoms with Crippen LogP contribution >= 0.6 is 23.1 Å². The number of thioether (sulfide) groups is 1. The molecule has 0 saturated carbocycles. The van der Waals surface area contributed by atoms with Gasteiger partial charge in [-0.25, -0.2) is 4.79 Å². The number of anilines is 1. The lowest BCUT2D eigenvalue weighted by molar-refractivity contribution is -0.136. The van der Waals surface area contributed by atoms with E-state index in [0.717, 1.165) is 32.5 Å². The molecule has 1 aromatic heterocycles. The number of thiazole rings is 1. The molecule has 2 aromatic carbocycles. The first-order valence-corrected chi connectivity index (χ1v) is 12.3. The zero-order valence-electron chi connectivity index (χ0n) is 18.9. The smallest absolute Gasteiger partial charge is 0.345 e. The Bertz CT molecular complexity index is 1420. The summed E-state index contributed by atoms with van der Waals surface area (Å²) in [6.07, 6.45) is 0. The molecule has 1 aliphatic rings. The number of aromatic nitrogens is 1. The van der Waals surface area contributed by atoms with Crippen molar-refractivity contribution in [2.45, 2.75) is 32.2 Å². The first-order chi connectivity index (χ1) is 15.9. The first kappa shape index (κ1) is 23.1. The van der Waals surface area contributed by atoms with E-state index in [0.29, 0.717) is 21.3 Å². The van der Waals surface area contributed by atoms with Gasteiger partial charge in [0.25, 0.3) is 5.56 Å². The molecule has 0 fully saturated rings. The van der Waals surface area contributed by atoms with Crippen LogP contribution in [0, 0.1) is 6.92 Å². The Morgan fingerprint density at radius 2 is 1.79 bits per heavy atom. The third kappa shape index (κ3) is 4.16. The Labute approximate surface area is 199 Å². The summed E-state index contributed by atoms with van der Waals surface area (Å²) < 4.78 is 7.54. The van der Waals surface area contributed by atoms with E-state index in [-0.39, 0.29) is 17.7 Å². The van der Waals surface area contributed by atoms with Gasteiger partial charge in [-0.3, -0.25) is 14.2 Å². The molecule has 1 aliphatic heterocycles. The van der Waals surface area contributed by atoms with Crippen molar-refractivity contribution in [2.24, 2.45) is 0 Å². The number of hydrogen-bond donors (Lipinski definition) is 0. The predicted octanol–water partition coefficient (Wildman–Crippen LogP) is 3.14. The summed E-state index contributed by atoms with van der Waals surface area (Å²) in [4.78, 5) is 42.8. The molecule has 0 amide bonds. The van der Waals surface area contributed by atoms with E-state index >= 15 is 0 Å². The second kappa shape index (κ2) is 9.41. The minimum atomic E-state index is -0.724. The molecule has 0 atom stereocenters. The van der Waals surface area contributed by atoms with Crippen LogP contribution in [0.15, 0.2) is 58.2 Å². The summed E-state index contributed by atoms with van der Waals surface area (Å²) in [5.74, 6) is -1.18. The maximum absolute atomic E-state index is 13.5. The lowest BCUT2D eigenvalue weighted by Crippen LogP contribution is -2.35. The van der Waals surface area contributed by atoms with Crippen molar-refractivity contribution in [2.75, 3.05) is 18.6 Å². The summed E-state index contributed by atoms with van der Waals surface area (Å²) >= 11 is 2.68. The normalized spacial score (nSPS) is 15.3. The SMILES string of the molecule is CCOC(=O)/C(C(=O)c1ccccc1)=c1\s/c(=C2\Sc3ccc(C)cc3N2C)c(=O)n1CC. The molecule has 2 heterocycles. The number of carbonyl (C=O) groups is 2. The topological polar surface area (TPSA) is 68.6 Å². The van der Waals surface area contributed by atoms with Crippen molar-refractivity contribution in [1.29, 1.82) is 0 Å². The number of fused-ring (bicyclic) bond motifs is 1. The number of ether oxygens (including phenoxy) is 1. The fourth-order valence-electron chi connectivity index (χ4n) is 3.69. The van der Waals surface area contributed by atoms with Crippen LogP contribution in [0.2, 0.25) is 0 Å². The molecule has 170 valence electrons. The van der Waals surface area contributed by atoms with Crippen molar-refractivity contribution in [3.8, 4) is 0 Å². The van der Waals surface area contributed by atoms with Crippen LogP contribution in [0.25, 0.3) is 10.6 Å². The Balaban J connectivity index is 2.02. The Morgan fingerprint density at radius 3 is 2.45 bits per heavy atom.